The molecule has 0 radical (unpaired) electrons. The van der Waals surface area contributed by atoms with E-state index in [1.165, 1.54) is 5.56 Å². The summed E-state index contributed by atoms with van der Waals surface area (Å²) in [4.78, 5) is 11.2. The molecule has 0 atom stereocenters. The number of hydrogen-bond acceptors (Lipinski definition) is 2. The summed E-state index contributed by atoms with van der Waals surface area (Å²) >= 11 is 0. The number of rotatable bonds is 3. The minimum Gasteiger partial charge on any atom is -0.878 e. The van der Waals surface area contributed by atoms with Crippen LogP contribution in [0.4, 0.5) is 0 Å². The van der Waals surface area contributed by atoms with E-state index < -0.39 is 0 Å². The van der Waals surface area contributed by atoms with E-state index in [0.29, 0.717) is 17.7 Å². The van der Waals surface area contributed by atoms with E-state index in [0.717, 1.165) is 6.08 Å². The van der Waals surface area contributed by atoms with Crippen LogP contribution < -0.4 is 34.7 Å². The zero-order chi connectivity index (χ0) is 10.6. The summed E-state index contributed by atoms with van der Waals surface area (Å²) in [5, 5.41) is 10.1. The van der Waals surface area contributed by atoms with E-state index >= 15 is 0 Å². The van der Waals surface area contributed by atoms with Crippen LogP contribution in [0.25, 0.3) is 0 Å². The van der Waals surface area contributed by atoms with E-state index in [4.69, 9.17) is 0 Å². The third-order valence-electron chi connectivity index (χ3n) is 2.08. The number of carbonyl (C=O) groups excluding carboxylic acids is 1. The fourth-order valence-corrected chi connectivity index (χ4v) is 1.19. The largest absolute Gasteiger partial charge is 1.00 e. The smallest absolute Gasteiger partial charge is 0.878 e. The molecule has 0 heterocycles. The monoisotopic (exact) mass is 212 g/mol. The van der Waals surface area contributed by atoms with Gasteiger partial charge in [-0.05, 0) is 17.6 Å². The third kappa shape index (κ3) is 4.20. The van der Waals surface area contributed by atoms with Gasteiger partial charge in [0, 0.05) is 5.56 Å². The third-order valence-corrected chi connectivity index (χ3v) is 2.08. The molecule has 0 aliphatic heterocycles. The van der Waals surface area contributed by atoms with Gasteiger partial charge in [-0.25, -0.2) is 0 Å². The number of allylic oxidation sites excluding steroid dienone is 1. The summed E-state index contributed by atoms with van der Waals surface area (Å²) < 4.78 is 0. The quantitative estimate of drug-likeness (QED) is 0.275. The SMILES string of the molecule is CC(C)c1ccc(C(=O)/C=C/[O-])cc1.[Na+]. The molecule has 0 saturated carbocycles. The Hall–Kier alpha value is -0.570. The van der Waals surface area contributed by atoms with E-state index in [1.54, 1.807) is 12.1 Å². The van der Waals surface area contributed by atoms with Gasteiger partial charge in [0.1, 0.15) is 0 Å². The summed E-state index contributed by atoms with van der Waals surface area (Å²) in [5.41, 5.74) is 1.74. The van der Waals surface area contributed by atoms with Gasteiger partial charge in [0.25, 0.3) is 0 Å². The molecule has 0 amide bonds. The van der Waals surface area contributed by atoms with Gasteiger partial charge in [-0.15, -0.1) is 6.26 Å². The van der Waals surface area contributed by atoms with E-state index in [-0.39, 0.29) is 35.3 Å². The van der Waals surface area contributed by atoms with Gasteiger partial charge >= 0.3 is 29.6 Å². The first kappa shape index (κ1) is 14.4. The van der Waals surface area contributed by atoms with Crippen molar-refractivity contribution in [3.8, 4) is 0 Å². The Labute approximate surface area is 112 Å². The van der Waals surface area contributed by atoms with Crippen molar-refractivity contribution < 1.29 is 39.5 Å². The normalized spacial score (nSPS) is 10.3. The van der Waals surface area contributed by atoms with Gasteiger partial charge in [0.05, 0.1) is 0 Å². The Bertz CT molecular complexity index is 339. The molecule has 74 valence electrons. The van der Waals surface area contributed by atoms with Crippen LogP contribution in [0.3, 0.4) is 0 Å². The van der Waals surface area contributed by atoms with E-state index in [2.05, 4.69) is 13.8 Å². The summed E-state index contributed by atoms with van der Waals surface area (Å²) in [6, 6.07) is 7.32. The van der Waals surface area contributed by atoms with Gasteiger partial charge in [0.2, 0.25) is 0 Å². The molecule has 0 aromatic heterocycles. The van der Waals surface area contributed by atoms with Crippen LogP contribution in [0.5, 0.6) is 0 Å². The topological polar surface area (TPSA) is 40.1 Å². The average Bonchev–Trinajstić information content (AvgIpc) is 2.18. The zero-order valence-electron chi connectivity index (χ0n) is 9.36. The van der Waals surface area contributed by atoms with Gasteiger partial charge in [-0.2, -0.15) is 0 Å². The van der Waals surface area contributed by atoms with E-state index in [9.17, 15) is 9.90 Å². The molecular formula is C12H13NaO2. The van der Waals surface area contributed by atoms with Gasteiger partial charge in [-0.1, -0.05) is 38.1 Å². The van der Waals surface area contributed by atoms with Crippen LogP contribution >= 0.6 is 0 Å². The van der Waals surface area contributed by atoms with Crippen LogP contribution in [0.15, 0.2) is 36.6 Å². The molecule has 0 saturated heterocycles. The minimum atomic E-state index is -0.240. The zero-order valence-corrected chi connectivity index (χ0v) is 11.4. The molecule has 0 spiro atoms. The van der Waals surface area contributed by atoms with Crippen LogP contribution in [0, 0.1) is 0 Å². The van der Waals surface area contributed by atoms with Crippen molar-refractivity contribution in [3.05, 3.63) is 47.7 Å². The number of benzene rings is 1. The van der Waals surface area contributed by atoms with Crippen molar-refractivity contribution in [1.82, 2.24) is 0 Å². The van der Waals surface area contributed by atoms with Crippen LogP contribution in [-0.4, -0.2) is 5.78 Å². The summed E-state index contributed by atoms with van der Waals surface area (Å²) in [6.45, 7) is 4.18. The predicted molar refractivity (Wildman–Crippen MR) is 54.0 cm³/mol. The molecule has 2 nitrogen and oxygen atoms in total. The fourth-order valence-electron chi connectivity index (χ4n) is 1.19. The molecule has 0 unspecified atom stereocenters. The molecule has 3 heteroatoms. The second-order valence-electron chi connectivity index (χ2n) is 3.44. The molecule has 0 bridgehead atoms. The summed E-state index contributed by atoms with van der Waals surface area (Å²) in [7, 11) is 0. The first-order valence-electron chi connectivity index (χ1n) is 4.58. The Kier molecular flexibility index (Phi) is 6.57. The Morgan fingerprint density at radius 1 is 1.27 bits per heavy atom. The van der Waals surface area contributed by atoms with Crippen LogP contribution in [0.1, 0.15) is 35.7 Å². The number of carbonyl (C=O) groups is 1. The second-order valence-corrected chi connectivity index (χ2v) is 3.44. The van der Waals surface area contributed by atoms with Crippen LogP contribution in [0.2, 0.25) is 0 Å². The predicted octanol–water partition coefficient (Wildman–Crippen LogP) is -1.13. The summed E-state index contributed by atoms with van der Waals surface area (Å²) in [5.74, 6) is 0.213. The van der Waals surface area contributed by atoms with Crippen molar-refractivity contribution >= 4 is 5.78 Å². The number of hydrogen-bond donors (Lipinski definition) is 0. The van der Waals surface area contributed by atoms with Crippen LogP contribution in [-0.2, 0) is 0 Å². The first-order chi connectivity index (χ1) is 6.65. The Morgan fingerprint density at radius 3 is 2.20 bits per heavy atom. The van der Waals surface area contributed by atoms with E-state index in [1.807, 2.05) is 12.1 Å². The molecule has 0 aliphatic rings. The molecule has 0 aliphatic carbocycles. The maximum atomic E-state index is 11.2. The van der Waals surface area contributed by atoms with Crippen molar-refractivity contribution in [2.24, 2.45) is 0 Å². The molecule has 0 N–H and O–H groups in total. The Morgan fingerprint density at radius 2 is 1.80 bits per heavy atom. The maximum absolute atomic E-state index is 11.2. The molecule has 15 heavy (non-hydrogen) atoms. The van der Waals surface area contributed by atoms with Crippen molar-refractivity contribution in [1.29, 1.82) is 0 Å². The minimum absolute atomic E-state index is 0. The molecule has 1 aromatic rings. The average molecular weight is 212 g/mol. The molecule has 1 aromatic carbocycles. The second kappa shape index (κ2) is 6.83. The van der Waals surface area contributed by atoms with Crippen molar-refractivity contribution in [3.63, 3.8) is 0 Å². The molecule has 0 fully saturated rings. The van der Waals surface area contributed by atoms with Gasteiger partial charge in [-0.3, -0.25) is 4.79 Å². The van der Waals surface area contributed by atoms with Gasteiger partial charge < -0.3 is 5.11 Å². The standard InChI is InChI=1S/C12H14O2.Na/c1-9(2)10-3-5-11(6-4-10)12(14)7-8-13;/h3-9,13H,1-2H3;/q;+1/p-1/b8-7+;. The van der Waals surface area contributed by atoms with Gasteiger partial charge in [0.15, 0.2) is 5.78 Å². The molecule has 1 rings (SSSR count). The molecular weight excluding hydrogens is 199 g/mol. The fraction of sp³-hybridized carbons (Fsp3) is 0.250. The maximum Gasteiger partial charge on any atom is 1.00 e. The van der Waals surface area contributed by atoms with Crippen molar-refractivity contribution in [2.45, 2.75) is 19.8 Å². The first-order valence-corrected chi connectivity index (χ1v) is 4.58. The van der Waals surface area contributed by atoms with Crippen molar-refractivity contribution in [2.75, 3.05) is 0 Å². The Balaban J connectivity index is 0.00000196. The number of ketones is 1. The summed E-state index contributed by atoms with van der Waals surface area (Å²) in [6.07, 6.45) is 1.54.